The third-order valence-electron chi connectivity index (χ3n) is 3.45. The minimum atomic E-state index is 0.813. The monoisotopic (exact) mass is 262 g/mol. The summed E-state index contributed by atoms with van der Waals surface area (Å²) in [5.74, 6) is 1.67. The Bertz CT molecular complexity index is 440. The van der Waals surface area contributed by atoms with Gasteiger partial charge in [0.05, 0.1) is 14.2 Å². The van der Waals surface area contributed by atoms with Crippen LogP contribution in [0.4, 0.5) is 0 Å². The summed E-state index contributed by atoms with van der Waals surface area (Å²) in [5, 5.41) is 3.35. The van der Waals surface area contributed by atoms with Crippen LogP contribution in [0.2, 0.25) is 0 Å². The molecule has 0 radical (unpaired) electrons. The van der Waals surface area contributed by atoms with Gasteiger partial charge in [-0.1, -0.05) is 12.6 Å². The molecule has 0 unspecified atom stereocenters. The van der Waals surface area contributed by atoms with E-state index in [1.165, 1.54) is 0 Å². The Morgan fingerprint density at radius 1 is 1.26 bits per heavy atom. The molecule has 1 fully saturated rings. The lowest BCUT2D eigenvalue weighted by Crippen LogP contribution is -2.42. The van der Waals surface area contributed by atoms with Gasteiger partial charge in [-0.2, -0.15) is 0 Å². The number of benzene rings is 1. The standard InChI is InChI=1S/C15H22N2O2/c1-12(17-8-6-16-7-9-17)10-13-4-5-14(18-2)11-15(13)19-3/h4-5,11,16H,1,6-10H2,2-3H3. The second-order valence-corrected chi connectivity index (χ2v) is 4.66. The van der Waals surface area contributed by atoms with Gasteiger partial charge in [0.1, 0.15) is 11.5 Å². The maximum absolute atomic E-state index is 5.42. The molecule has 1 saturated heterocycles. The molecule has 104 valence electrons. The molecule has 0 bridgehead atoms. The van der Waals surface area contributed by atoms with Crippen LogP contribution in [0.3, 0.4) is 0 Å². The third kappa shape index (κ3) is 3.41. The highest BCUT2D eigenvalue weighted by molar-refractivity contribution is 5.42. The van der Waals surface area contributed by atoms with E-state index in [0.717, 1.165) is 55.4 Å². The summed E-state index contributed by atoms with van der Waals surface area (Å²) in [6, 6.07) is 5.92. The van der Waals surface area contributed by atoms with Crippen molar-refractivity contribution in [2.45, 2.75) is 6.42 Å². The summed E-state index contributed by atoms with van der Waals surface area (Å²) in [7, 11) is 3.35. The Hall–Kier alpha value is -1.68. The van der Waals surface area contributed by atoms with Gasteiger partial charge in [0.25, 0.3) is 0 Å². The molecule has 0 atom stereocenters. The minimum Gasteiger partial charge on any atom is -0.497 e. The van der Waals surface area contributed by atoms with Crippen molar-refractivity contribution in [3.05, 3.63) is 36.0 Å². The molecule has 0 aromatic heterocycles. The molecule has 19 heavy (non-hydrogen) atoms. The lowest BCUT2D eigenvalue weighted by Gasteiger charge is -2.31. The highest BCUT2D eigenvalue weighted by atomic mass is 16.5. The largest absolute Gasteiger partial charge is 0.497 e. The van der Waals surface area contributed by atoms with Crippen molar-refractivity contribution in [2.75, 3.05) is 40.4 Å². The fourth-order valence-corrected chi connectivity index (χ4v) is 2.31. The van der Waals surface area contributed by atoms with E-state index in [4.69, 9.17) is 9.47 Å². The van der Waals surface area contributed by atoms with Gasteiger partial charge in [0.15, 0.2) is 0 Å². The molecule has 4 heteroatoms. The third-order valence-corrected chi connectivity index (χ3v) is 3.45. The van der Waals surface area contributed by atoms with Crippen LogP contribution in [0.15, 0.2) is 30.5 Å². The predicted molar refractivity (Wildman–Crippen MR) is 76.8 cm³/mol. The summed E-state index contributed by atoms with van der Waals surface area (Å²) in [6.07, 6.45) is 0.813. The maximum Gasteiger partial charge on any atom is 0.126 e. The van der Waals surface area contributed by atoms with Crippen LogP contribution < -0.4 is 14.8 Å². The smallest absolute Gasteiger partial charge is 0.126 e. The van der Waals surface area contributed by atoms with Gasteiger partial charge in [-0.3, -0.25) is 0 Å². The van der Waals surface area contributed by atoms with Crippen molar-refractivity contribution in [1.29, 1.82) is 0 Å². The molecule has 1 N–H and O–H groups in total. The molecule has 0 amide bonds. The van der Waals surface area contributed by atoms with E-state index in [-0.39, 0.29) is 0 Å². The number of methoxy groups -OCH3 is 2. The van der Waals surface area contributed by atoms with Gasteiger partial charge in [0, 0.05) is 49.9 Å². The molecule has 1 aromatic rings. The first-order valence-corrected chi connectivity index (χ1v) is 6.59. The Morgan fingerprint density at radius 3 is 2.63 bits per heavy atom. The van der Waals surface area contributed by atoms with Crippen LogP contribution >= 0.6 is 0 Å². The van der Waals surface area contributed by atoms with Gasteiger partial charge in [0.2, 0.25) is 0 Å². The molecule has 1 aliphatic heterocycles. The second-order valence-electron chi connectivity index (χ2n) is 4.66. The minimum absolute atomic E-state index is 0.813. The number of nitrogens with zero attached hydrogens (tertiary/aromatic N) is 1. The second kappa shape index (κ2) is 6.48. The Kier molecular flexibility index (Phi) is 4.68. The highest BCUT2D eigenvalue weighted by Crippen LogP contribution is 2.27. The van der Waals surface area contributed by atoms with E-state index in [0.29, 0.717) is 0 Å². The molecule has 0 spiro atoms. The van der Waals surface area contributed by atoms with Crippen molar-refractivity contribution >= 4 is 0 Å². The number of piperazine rings is 1. The lowest BCUT2D eigenvalue weighted by atomic mass is 10.1. The Morgan fingerprint density at radius 2 is 2.00 bits per heavy atom. The number of ether oxygens (including phenoxy) is 2. The van der Waals surface area contributed by atoms with Crippen LogP contribution in [0, 0.1) is 0 Å². The molecular formula is C15H22N2O2. The van der Waals surface area contributed by atoms with Crippen molar-refractivity contribution in [3.63, 3.8) is 0 Å². The summed E-state index contributed by atoms with van der Waals surface area (Å²) in [5.41, 5.74) is 2.29. The quantitative estimate of drug-likeness (QED) is 0.875. The van der Waals surface area contributed by atoms with E-state index in [2.05, 4.69) is 16.8 Å². The Labute approximate surface area is 115 Å². The Balaban J connectivity index is 2.07. The highest BCUT2D eigenvalue weighted by Gasteiger charge is 2.13. The van der Waals surface area contributed by atoms with Gasteiger partial charge in [-0.15, -0.1) is 0 Å². The van der Waals surface area contributed by atoms with E-state index in [1.807, 2.05) is 18.2 Å². The maximum atomic E-state index is 5.42. The van der Waals surface area contributed by atoms with Crippen molar-refractivity contribution in [3.8, 4) is 11.5 Å². The summed E-state index contributed by atoms with van der Waals surface area (Å²) in [4.78, 5) is 2.33. The zero-order chi connectivity index (χ0) is 13.7. The first-order chi connectivity index (χ1) is 9.24. The van der Waals surface area contributed by atoms with Crippen LogP contribution in [0.1, 0.15) is 5.56 Å². The van der Waals surface area contributed by atoms with Gasteiger partial charge in [-0.25, -0.2) is 0 Å². The van der Waals surface area contributed by atoms with E-state index >= 15 is 0 Å². The molecule has 2 rings (SSSR count). The van der Waals surface area contributed by atoms with Crippen molar-refractivity contribution in [2.24, 2.45) is 0 Å². The van der Waals surface area contributed by atoms with Gasteiger partial charge >= 0.3 is 0 Å². The number of nitrogens with one attached hydrogen (secondary N) is 1. The zero-order valence-corrected chi connectivity index (χ0v) is 11.7. The molecule has 1 heterocycles. The van der Waals surface area contributed by atoms with E-state index in [1.54, 1.807) is 14.2 Å². The molecule has 0 aliphatic carbocycles. The summed E-state index contributed by atoms with van der Waals surface area (Å²) < 4.78 is 10.6. The average molecular weight is 262 g/mol. The van der Waals surface area contributed by atoms with Crippen LogP contribution in [-0.2, 0) is 6.42 Å². The molecular weight excluding hydrogens is 240 g/mol. The fraction of sp³-hybridized carbons (Fsp3) is 0.467. The van der Waals surface area contributed by atoms with Gasteiger partial charge < -0.3 is 19.7 Å². The van der Waals surface area contributed by atoms with Crippen molar-refractivity contribution in [1.82, 2.24) is 10.2 Å². The van der Waals surface area contributed by atoms with Crippen molar-refractivity contribution < 1.29 is 9.47 Å². The zero-order valence-electron chi connectivity index (χ0n) is 11.7. The molecule has 1 aromatic carbocycles. The fourth-order valence-electron chi connectivity index (χ4n) is 2.31. The average Bonchev–Trinajstić information content (AvgIpc) is 2.48. The number of hydrogen-bond donors (Lipinski definition) is 1. The SMILES string of the molecule is C=C(Cc1ccc(OC)cc1OC)N1CCNCC1. The molecule has 1 aliphatic rings. The first kappa shape index (κ1) is 13.7. The number of hydrogen-bond acceptors (Lipinski definition) is 4. The summed E-state index contributed by atoms with van der Waals surface area (Å²) in [6.45, 7) is 8.31. The van der Waals surface area contributed by atoms with Gasteiger partial charge in [-0.05, 0) is 6.07 Å². The molecule has 0 saturated carbocycles. The predicted octanol–water partition coefficient (Wildman–Crippen LogP) is 1.67. The normalized spacial score (nSPS) is 15.2. The molecule has 4 nitrogen and oxygen atoms in total. The summed E-state index contributed by atoms with van der Waals surface area (Å²) >= 11 is 0. The van der Waals surface area contributed by atoms with E-state index in [9.17, 15) is 0 Å². The topological polar surface area (TPSA) is 33.7 Å². The lowest BCUT2D eigenvalue weighted by molar-refractivity contribution is 0.294. The number of allylic oxidation sites excluding steroid dienone is 1. The van der Waals surface area contributed by atoms with Crippen LogP contribution in [-0.4, -0.2) is 45.3 Å². The first-order valence-electron chi connectivity index (χ1n) is 6.59. The number of rotatable bonds is 5. The van der Waals surface area contributed by atoms with E-state index < -0.39 is 0 Å². The van der Waals surface area contributed by atoms with Crippen LogP contribution in [0.25, 0.3) is 0 Å². The van der Waals surface area contributed by atoms with Crippen LogP contribution in [0.5, 0.6) is 11.5 Å².